The Hall–Kier alpha value is -1.88. The van der Waals surface area contributed by atoms with Crippen LogP contribution in [0, 0.1) is 0 Å². The van der Waals surface area contributed by atoms with Crippen molar-refractivity contribution < 1.29 is 0 Å². The van der Waals surface area contributed by atoms with Gasteiger partial charge in [0.2, 0.25) is 0 Å². The van der Waals surface area contributed by atoms with Crippen molar-refractivity contribution in [3.05, 3.63) is 36.1 Å². The van der Waals surface area contributed by atoms with Gasteiger partial charge in [-0.3, -0.25) is 9.38 Å². The average molecular weight is 284 g/mol. The molecule has 0 aliphatic heterocycles. The van der Waals surface area contributed by atoms with Crippen molar-refractivity contribution in [1.82, 2.24) is 14.4 Å². The summed E-state index contributed by atoms with van der Waals surface area (Å²) >= 11 is 1.73. The predicted molar refractivity (Wildman–Crippen MR) is 82.2 cm³/mol. The van der Waals surface area contributed by atoms with Crippen molar-refractivity contribution >= 4 is 22.8 Å². The Labute approximate surface area is 121 Å². The molecule has 0 amide bonds. The zero-order chi connectivity index (χ0) is 13.4. The Morgan fingerprint density at radius 1 is 1.30 bits per heavy atom. The lowest BCUT2D eigenvalue weighted by molar-refractivity contribution is 0.749. The molecule has 1 aliphatic rings. The Morgan fingerprint density at radius 2 is 2.20 bits per heavy atom. The minimum absolute atomic E-state index is 0.571. The number of nitrogens with one attached hydrogen (secondary N) is 1. The predicted octanol–water partition coefficient (Wildman–Crippen LogP) is 3.81. The van der Waals surface area contributed by atoms with Crippen LogP contribution in [-0.4, -0.2) is 20.4 Å². The van der Waals surface area contributed by atoms with E-state index in [2.05, 4.69) is 32.2 Å². The van der Waals surface area contributed by atoms with Gasteiger partial charge in [-0.2, -0.15) is 0 Å². The van der Waals surface area contributed by atoms with Gasteiger partial charge in [0, 0.05) is 18.4 Å². The van der Waals surface area contributed by atoms with Gasteiger partial charge >= 0.3 is 0 Å². The molecule has 5 heteroatoms. The minimum Gasteiger partial charge on any atom is -0.367 e. The van der Waals surface area contributed by atoms with Gasteiger partial charge in [-0.25, -0.2) is 4.98 Å². The van der Waals surface area contributed by atoms with Crippen molar-refractivity contribution in [3.63, 3.8) is 0 Å². The monoisotopic (exact) mass is 284 g/mol. The molecule has 3 aromatic heterocycles. The van der Waals surface area contributed by atoms with E-state index in [1.54, 1.807) is 11.3 Å². The first-order valence-electron chi connectivity index (χ1n) is 7.04. The van der Waals surface area contributed by atoms with Crippen molar-refractivity contribution in [2.75, 3.05) is 5.32 Å². The third-order valence-corrected chi connectivity index (χ3v) is 4.76. The summed E-state index contributed by atoms with van der Waals surface area (Å²) in [5.41, 5.74) is 1.94. The third-order valence-electron chi connectivity index (χ3n) is 3.88. The molecule has 1 fully saturated rings. The van der Waals surface area contributed by atoms with Crippen molar-refractivity contribution in [1.29, 1.82) is 0 Å². The molecule has 3 aromatic rings. The van der Waals surface area contributed by atoms with E-state index in [9.17, 15) is 0 Å². The first kappa shape index (κ1) is 11.9. The molecule has 1 saturated carbocycles. The second-order valence-corrected chi connectivity index (χ2v) is 6.16. The highest BCUT2D eigenvalue weighted by atomic mass is 32.1. The number of thiophene rings is 1. The van der Waals surface area contributed by atoms with Gasteiger partial charge in [-0.05, 0) is 24.3 Å². The molecule has 20 heavy (non-hydrogen) atoms. The summed E-state index contributed by atoms with van der Waals surface area (Å²) in [6.07, 6.45) is 10.8. The highest BCUT2D eigenvalue weighted by molar-refractivity contribution is 7.13. The Kier molecular flexibility index (Phi) is 2.92. The van der Waals surface area contributed by atoms with E-state index in [-0.39, 0.29) is 0 Å². The Morgan fingerprint density at radius 3 is 3.00 bits per heavy atom. The zero-order valence-electron chi connectivity index (χ0n) is 11.1. The number of imidazole rings is 1. The molecule has 0 unspecified atom stereocenters. The van der Waals surface area contributed by atoms with Crippen LogP contribution < -0.4 is 5.32 Å². The molecule has 0 atom stereocenters. The fraction of sp³-hybridized carbons (Fsp3) is 0.333. The number of nitrogens with zero attached hydrogens (tertiary/aromatic N) is 3. The lowest BCUT2D eigenvalue weighted by Crippen LogP contribution is -2.16. The Balaban J connectivity index is 1.84. The Bertz CT molecular complexity index is 711. The molecule has 0 radical (unpaired) electrons. The molecule has 0 bridgehead atoms. The molecule has 0 spiro atoms. The van der Waals surface area contributed by atoms with Gasteiger partial charge in [-0.15, -0.1) is 11.3 Å². The lowest BCUT2D eigenvalue weighted by atomic mass is 10.2. The van der Waals surface area contributed by atoms with Crippen LogP contribution in [0.5, 0.6) is 0 Å². The van der Waals surface area contributed by atoms with Gasteiger partial charge in [0.1, 0.15) is 11.5 Å². The number of aromatic nitrogens is 3. The van der Waals surface area contributed by atoms with E-state index in [1.165, 1.54) is 30.6 Å². The van der Waals surface area contributed by atoms with Crippen LogP contribution >= 0.6 is 11.3 Å². The zero-order valence-corrected chi connectivity index (χ0v) is 11.9. The SMILES string of the molecule is c1csc(-c2nc3cnccn3c2NC2CCCC2)c1. The molecule has 4 rings (SSSR count). The second-order valence-electron chi connectivity index (χ2n) is 5.22. The highest BCUT2D eigenvalue weighted by Gasteiger charge is 2.20. The van der Waals surface area contributed by atoms with E-state index >= 15 is 0 Å². The van der Waals surface area contributed by atoms with E-state index < -0.39 is 0 Å². The average Bonchev–Trinajstić information content (AvgIpc) is 3.19. The third kappa shape index (κ3) is 1.98. The lowest BCUT2D eigenvalue weighted by Gasteiger charge is -2.14. The summed E-state index contributed by atoms with van der Waals surface area (Å²) in [6, 6.07) is 4.77. The summed E-state index contributed by atoms with van der Waals surface area (Å²) in [5, 5.41) is 5.79. The summed E-state index contributed by atoms with van der Waals surface area (Å²) in [5.74, 6) is 1.11. The van der Waals surface area contributed by atoms with Crippen molar-refractivity contribution in [2.45, 2.75) is 31.7 Å². The van der Waals surface area contributed by atoms with Gasteiger partial charge in [0.25, 0.3) is 0 Å². The molecule has 3 heterocycles. The summed E-state index contributed by atoms with van der Waals surface area (Å²) in [4.78, 5) is 10.1. The minimum atomic E-state index is 0.571. The first-order valence-corrected chi connectivity index (χ1v) is 7.92. The van der Waals surface area contributed by atoms with Crippen molar-refractivity contribution in [2.24, 2.45) is 0 Å². The van der Waals surface area contributed by atoms with E-state index in [1.807, 2.05) is 18.6 Å². The molecule has 1 aliphatic carbocycles. The van der Waals surface area contributed by atoms with Crippen LogP contribution in [0.2, 0.25) is 0 Å². The fourth-order valence-electron chi connectivity index (χ4n) is 2.89. The molecular weight excluding hydrogens is 268 g/mol. The topological polar surface area (TPSA) is 42.2 Å². The molecule has 0 saturated heterocycles. The summed E-state index contributed by atoms with van der Waals surface area (Å²) in [6.45, 7) is 0. The van der Waals surface area contributed by atoms with E-state index in [0.717, 1.165) is 17.2 Å². The van der Waals surface area contributed by atoms with Crippen LogP contribution in [-0.2, 0) is 0 Å². The van der Waals surface area contributed by atoms with E-state index in [4.69, 9.17) is 4.98 Å². The first-order chi connectivity index (χ1) is 9.92. The summed E-state index contributed by atoms with van der Waals surface area (Å²) in [7, 11) is 0. The van der Waals surface area contributed by atoms with Crippen LogP contribution in [0.4, 0.5) is 5.82 Å². The smallest absolute Gasteiger partial charge is 0.157 e. The number of rotatable bonds is 3. The maximum Gasteiger partial charge on any atom is 0.157 e. The number of hydrogen-bond donors (Lipinski definition) is 1. The van der Waals surface area contributed by atoms with Gasteiger partial charge in [0.05, 0.1) is 11.1 Å². The largest absolute Gasteiger partial charge is 0.367 e. The normalized spacial score (nSPS) is 16.0. The molecule has 0 aromatic carbocycles. The van der Waals surface area contributed by atoms with Gasteiger partial charge in [-0.1, -0.05) is 18.9 Å². The number of fused-ring (bicyclic) bond motifs is 1. The standard InChI is InChI=1S/C15H16N4S/c1-2-5-11(4-1)17-15-14(12-6-3-9-20-12)18-13-10-16-7-8-19(13)15/h3,6-11,17H,1-2,4-5H2. The van der Waals surface area contributed by atoms with E-state index in [0.29, 0.717) is 6.04 Å². The second kappa shape index (κ2) is 4.90. The number of hydrogen-bond acceptors (Lipinski definition) is 4. The number of anilines is 1. The molecule has 4 nitrogen and oxygen atoms in total. The van der Waals surface area contributed by atoms with Crippen LogP contribution in [0.15, 0.2) is 36.1 Å². The maximum atomic E-state index is 4.75. The van der Waals surface area contributed by atoms with Crippen LogP contribution in [0.1, 0.15) is 25.7 Å². The fourth-order valence-corrected chi connectivity index (χ4v) is 3.61. The molecular formula is C15H16N4S. The van der Waals surface area contributed by atoms with Crippen LogP contribution in [0.3, 0.4) is 0 Å². The van der Waals surface area contributed by atoms with Gasteiger partial charge < -0.3 is 5.32 Å². The maximum absolute atomic E-state index is 4.75. The molecule has 1 N–H and O–H groups in total. The summed E-state index contributed by atoms with van der Waals surface area (Å²) < 4.78 is 2.11. The molecule has 102 valence electrons. The highest BCUT2D eigenvalue weighted by Crippen LogP contribution is 2.33. The van der Waals surface area contributed by atoms with Crippen molar-refractivity contribution in [3.8, 4) is 10.6 Å². The quantitative estimate of drug-likeness (QED) is 0.795. The van der Waals surface area contributed by atoms with Crippen LogP contribution in [0.25, 0.3) is 16.2 Å². The van der Waals surface area contributed by atoms with Gasteiger partial charge in [0.15, 0.2) is 5.65 Å².